The van der Waals surface area contributed by atoms with Crippen molar-refractivity contribution in [1.82, 2.24) is 10.1 Å². The van der Waals surface area contributed by atoms with Crippen molar-refractivity contribution in [3.63, 3.8) is 0 Å². The molecule has 6 nitrogen and oxygen atoms in total. The first-order valence-corrected chi connectivity index (χ1v) is 6.30. The van der Waals surface area contributed by atoms with E-state index in [0.29, 0.717) is 0 Å². The third kappa shape index (κ3) is 2.44. The van der Waals surface area contributed by atoms with Crippen LogP contribution in [0.3, 0.4) is 0 Å². The van der Waals surface area contributed by atoms with Crippen LogP contribution in [-0.2, 0) is 0 Å². The summed E-state index contributed by atoms with van der Waals surface area (Å²) in [5.41, 5.74) is 0.0433. The van der Waals surface area contributed by atoms with Gasteiger partial charge in [-0.05, 0) is 12.2 Å². The van der Waals surface area contributed by atoms with Crippen molar-refractivity contribution < 1.29 is 19.2 Å². The van der Waals surface area contributed by atoms with Gasteiger partial charge in [0.1, 0.15) is 0 Å². The van der Waals surface area contributed by atoms with Crippen LogP contribution in [0.25, 0.3) is 0 Å². The lowest BCUT2D eigenvalue weighted by molar-refractivity contribution is 0.0648. The van der Waals surface area contributed by atoms with Gasteiger partial charge in [-0.2, -0.15) is 11.8 Å². The zero-order valence-electron chi connectivity index (χ0n) is 9.25. The number of rotatable bonds is 3. The van der Waals surface area contributed by atoms with E-state index in [4.69, 9.17) is 5.11 Å². The summed E-state index contributed by atoms with van der Waals surface area (Å²) in [6.45, 7) is 0. The van der Waals surface area contributed by atoms with E-state index in [-0.39, 0.29) is 23.4 Å². The number of aromatic carboxylic acids is 1. The molecule has 0 aromatic carbocycles. The van der Waals surface area contributed by atoms with E-state index in [0.717, 1.165) is 24.0 Å². The SMILES string of the molecule is CN(C(=O)c1cc(C(=O)O)on1)C1CCSC1. The quantitative estimate of drug-likeness (QED) is 0.866. The number of carbonyl (C=O) groups excluding carboxylic acids is 1. The Labute approximate surface area is 102 Å². The van der Waals surface area contributed by atoms with Gasteiger partial charge in [-0.3, -0.25) is 4.79 Å². The minimum Gasteiger partial charge on any atom is -0.475 e. The molecule has 0 bridgehead atoms. The number of carbonyl (C=O) groups is 2. The predicted octanol–water partition coefficient (Wildman–Crippen LogP) is 0.950. The number of nitrogens with zero attached hydrogens (tertiary/aromatic N) is 2. The Bertz CT molecular complexity index is 439. The van der Waals surface area contributed by atoms with E-state index in [1.165, 1.54) is 0 Å². The average Bonchev–Trinajstić information content (AvgIpc) is 2.97. The molecule has 1 fully saturated rings. The topological polar surface area (TPSA) is 83.6 Å². The van der Waals surface area contributed by atoms with E-state index in [9.17, 15) is 9.59 Å². The minimum absolute atomic E-state index is 0.0433. The number of aromatic nitrogens is 1. The highest BCUT2D eigenvalue weighted by Crippen LogP contribution is 2.22. The zero-order valence-corrected chi connectivity index (χ0v) is 10.1. The maximum Gasteiger partial charge on any atom is 0.374 e. The molecule has 1 aromatic heterocycles. The van der Waals surface area contributed by atoms with Crippen LogP contribution in [0.4, 0.5) is 0 Å². The molecule has 1 aliphatic rings. The van der Waals surface area contributed by atoms with Crippen LogP contribution in [0.5, 0.6) is 0 Å². The van der Waals surface area contributed by atoms with Crippen molar-refractivity contribution in [3.8, 4) is 0 Å². The van der Waals surface area contributed by atoms with Crippen molar-refractivity contribution in [3.05, 3.63) is 17.5 Å². The fourth-order valence-electron chi connectivity index (χ4n) is 1.65. The van der Waals surface area contributed by atoms with E-state index < -0.39 is 5.97 Å². The van der Waals surface area contributed by atoms with Gasteiger partial charge >= 0.3 is 5.97 Å². The van der Waals surface area contributed by atoms with Gasteiger partial charge in [0, 0.05) is 24.9 Å². The van der Waals surface area contributed by atoms with Crippen LogP contribution in [0, 0.1) is 0 Å². The molecule has 1 atom stereocenters. The maximum absolute atomic E-state index is 12.0. The van der Waals surface area contributed by atoms with Crippen LogP contribution >= 0.6 is 11.8 Å². The molecular weight excluding hydrogens is 244 g/mol. The Morgan fingerprint density at radius 1 is 1.65 bits per heavy atom. The minimum atomic E-state index is -1.23. The highest BCUT2D eigenvalue weighted by atomic mass is 32.2. The maximum atomic E-state index is 12.0. The Morgan fingerprint density at radius 3 is 2.94 bits per heavy atom. The second kappa shape index (κ2) is 4.79. The third-order valence-corrected chi connectivity index (χ3v) is 3.86. The normalized spacial score (nSPS) is 19.2. The van der Waals surface area contributed by atoms with Crippen molar-refractivity contribution in [2.45, 2.75) is 12.5 Å². The third-order valence-electron chi connectivity index (χ3n) is 2.71. The first-order chi connectivity index (χ1) is 8.09. The number of thioether (sulfide) groups is 1. The lowest BCUT2D eigenvalue weighted by Crippen LogP contribution is -2.37. The molecule has 1 amide bonds. The largest absolute Gasteiger partial charge is 0.475 e. The fraction of sp³-hybridized carbons (Fsp3) is 0.500. The lowest BCUT2D eigenvalue weighted by Gasteiger charge is -2.22. The molecule has 1 saturated heterocycles. The smallest absolute Gasteiger partial charge is 0.374 e. The van der Waals surface area contributed by atoms with Gasteiger partial charge in [0.15, 0.2) is 5.69 Å². The molecule has 92 valence electrons. The summed E-state index contributed by atoms with van der Waals surface area (Å²) in [6.07, 6.45) is 0.955. The molecule has 2 rings (SSSR count). The highest BCUT2D eigenvalue weighted by Gasteiger charge is 2.27. The molecule has 2 heterocycles. The molecule has 0 spiro atoms. The van der Waals surface area contributed by atoms with Crippen LogP contribution < -0.4 is 0 Å². The molecule has 7 heteroatoms. The van der Waals surface area contributed by atoms with Gasteiger partial charge in [-0.1, -0.05) is 5.16 Å². The summed E-state index contributed by atoms with van der Waals surface area (Å²) in [7, 11) is 1.70. The number of carboxylic acid groups (broad SMARTS) is 1. The standard InChI is InChI=1S/C10H12N2O4S/c1-12(6-2-3-17-5-6)9(13)7-4-8(10(14)15)16-11-7/h4,6H,2-3,5H2,1H3,(H,14,15). The van der Waals surface area contributed by atoms with E-state index in [2.05, 4.69) is 9.68 Å². The average molecular weight is 256 g/mol. The van der Waals surface area contributed by atoms with E-state index in [1.54, 1.807) is 23.7 Å². The lowest BCUT2D eigenvalue weighted by atomic mass is 10.2. The van der Waals surface area contributed by atoms with Gasteiger partial charge in [0.05, 0.1) is 0 Å². The summed E-state index contributed by atoms with van der Waals surface area (Å²) in [5.74, 6) is 0.111. The molecule has 0 saturated carbocycles. The van der Waals surface area contributed by atoms with Crippen LogP contribution in [0.2, 0.25) is 0 Å². The van der Waals surface area contributed by atoms with E-state index >= 15 is 0 Å². The fourth-order valence-corrected chi connectivity index (χ4v) is 2.92. The molecule has 1 N–H and O–H groups in total. The van der Waals surface area contributed by atoms with Gasteiger partial charge in [-0.15, -0.1) is 0 Å². The zero-order chi connectivity index (χ0) is 12.4. The molecule has 1 aliphatic heterocycles. The Kier molecular flexibility index (Phi) is 3.37. The van der Waals surface area contributed by atoms with Crippen molar-refractivity contribution in [2.24, 2.45) is 0 Å². The molecular formula is C10H12N2O4S. The van der Waals surface area contributed by atoms with Crippen LogP contribution in [0.1, 0.15) is 27.5 Å². The van der Waals surface area contributed by atoms with Gasteiger partial charge < -0.3 is 14.5 Å². The molecule has 1 aromatic rings. The molecule has 17 heavy (non-hydrogen) atoms. The summed E-state index contributed by atoms with van der Waals surface area (Å²) >= 11 is 1.80. The Balaban J connectivity index is 2.09. The van der Waals surface area contributed by atoms with E-state index in [1.807, 2.05) is 0 Å². The monoisotopic (exact) mass is 256 g/mol. The van der Waals surface area contributed by atoms with Gasteiger partial charge in [0.2, 0.25) is 5.76 Å². The summed E-state index contributed by atoms with van der Waals surface area (Å²) in [5, 5.41) is 12.1. The predicted molar refractivity (Wildman–Crippen MR) is 61.3 cm³/mol. The van der Waals surface area contributed by atoms with Crippen molar-refractivity contribution >= 4 is 23.6 Å². The first-order valence-electron chi connectivity index (χ1n) is 5.14. The van der Waals surface area contributed by atoms with Crippen molar-refractivity contribution in [2.75, 3.05) is 18.6 Å². The second-order valence-corrected chi connectivity index (χ2v) is 4.96. The Morgan fingerprint density at radius 2 is 2.41 bits per heavy atom. The molecule has 0 radical (unpaired) electrons. The first kappa shape index (κ1) is 12.0. The number of hydrogen-bond acceptors (Lipinski definition) is 5. The van der Waals surface area contributed by atoms with Crippen LogP contribution in [-0.4, -0.2) is 51.6 Å². The number of carboxylic acids is 1. The molecule has 1 unspecified atom stereocenters. The molecule has 0 aliphatic carbocycles. The number of hydrogen-bond donors (Lipinski definition) is 1. The highest BCUT2D eigenvalue weighted by molar-refractivity contribution is 7.99. The van der Waals surface area contributed by atoms with Gasteiger partial charge in [-0.25, -0.2) is 4.79 Å². The van der Waals surface area contributed by atoms with Gasteiger partial charge in [0.25, 0.3) is 5.91 Å². The summed E-state index contributed by atoms with van der Waals surface area (Å²) < 4.78 is 4.56. The van der Waals surface area contributed by atoms with Crippen LogP contribution in [0.15, 0.2) is 10.6 Å². The van der Waals surface area contributed by atoms with Crippen molar-refractivity contribution in [1.29, 1.82) is 0 Å². The second-order valence-electron chi connectivity index (χ2n) is 3.82. The summed E-state index contributed by atoms with van der Waals surface area (Å²) in [6, 6.07) is 1.35. The summed E-state index contributed by atoms with van der Waals surface area (Å²) in [4.78, 5) is 24.2. The Hall–Kier alpha value is -1.50. The number of amides is 1.